The molecule has 11 heteroatoms. The normalized spacial score (nSPS) is 14.9. The van der Waals surface area contributed by atoms with Crippen molar-refractivity contribution >= 4 is 11.3 Å². The van der Waals surface area contributed by atoms with Gasteiger partial charge in [0.15, 0.2) is 0 Å². The Hall–Kier alpha value is -2.69. The molecule has 1 aliphatic rings. The summed E-state index contributed by atoms with van der Waals surface area (Å²) in [6, 6.07) is 5.20. The monoisotopic (exact) mass is 445 g/mol. The van der Waals surface area contributed by atoms with Crippen LogP contribution in [0.5, 0.6) is 0 Å². The number of hydrogen-bond acceptors (Lipinski definition) is 4. The predicted octanol–water partition coefficient (Wildman–Crippen LogP) is 5.33. The van der Waals surface area contributed by atoms with Crippen molar-refractivity contribution in [2.45, 2.75) is 37.7 Å². The molecule has 0 amide bonds. The van der Waals surface area contributed by atoms with Gasteiger partial charge in [0.2, 0.25) is 0 Å². The van der Waals surface area contributed by atoms with E-state index in [0.29, 0.717) is 16.3 Å². The molecule has 0 saturated heterocycles. The Balaban J connectivity index is 1.62. The van der Waals surface area contributed by atoms with E-state index < -0.39 is 29.0 Å². The van der Waals surface area contributed by atoms with Gasteiger partial charge in [0, 0.05) is 16.9 Å². The molecular formula is C19H13F6N3OS. The van der Waals surface area contributed by atoms with E-state index in [2.05, 4.69) is 10.1 Å². The Morgan fingerprint density at radius 2 is 1.70 bits per heavy atom. The van der Waals surface area contributed by atoms with Crippen molar-refractivity contribution < 1.29 is 26.3 Å². The van der Waals surface area contributed by atoms with E-state index in [4.69, 9.17) is 0 Å². The van der Waals surface area contributed by atoms with Crippen LogP contribution in [0.3, 0.4) is 0 Å². The number of halogens is 6. The first-order valence-electron chi connectivity index (χ1n) is 8.83. The van der Waals surface area contributed by atoms with Crippen LogP contribution < -0.4 is 5.56 Å². The fourth-order valence-corrected chi connectivity index (χ4v) is 3.74. The minimum atomic E-state index is -4.79. The maximum Gasteiger partial charge on any atom is 0.421 e. The summed E-state index contributed by atoms with van der Waals surface area (Å²) in [7, 11) is 0. The van der Waals surface area contributed by atoms with Crippen LogP contribution in [0.4, 0.5) is 26.3 Å². The molecule has 0 aliphatic heterocycles. The van der Waals surface area contributed by atoms with E-state index >= 15 is 0 Å². The van der Waals surface area contributed by atoms with E-state index in [9.17, 15) is 31.1 Å². The highest BCUT2D eigenvalue weighted by atomic mass is 32.1. The molecule has 1 fully saturated rings. The van der Waals surface area contributed by atoms with Crippen molar-refractivity contribution in [2.75, 3.05) is 0 Å². The van der Waals surface area contributed by atoms with Crippen LogP contribution in [0.25, 0.3) is 10.6 Å². The number of thiazole rings is 1. The third-order valence-electron chi connectivity index (χ3n) is 4.62. The van der Waals surface area contributed by atoms with Gasteiger partial charge in [-0.05, 0) is 31.0 Å². The molecular weight excluding hydrogens is 432 g/mol. The molecule has 4 rings (SSSR count). The number of benzene rings is 1. The lowest BCUT2D eigenvalue weighted by molar-refractivity contribution is -0.139. The fourth-order valence-electron chi connectivity index (χ4n) is 2.92. The summed E-state index contributed by atoms with van der Waals surface area (Å²) < 4.78 is 78.5. The topological polar surface area (TPSA) is 47.8 Å². The largest absolute Gasteiger partial charge is 0.421 e. The first-order valence-corrected chi connectivity index (χ1v) is 9.71. The lowest BCUT2D eigenvalue weighted by Crippen LogP contribution is -2.31. The molecule has 0 unspecified atom stereocenters. The zero-order valence-electron chi connectivity index (χ0n) is 15.1. The smallest absolute Gasteiger partial charge is 0.267 e. The highest BCUT2D eigenvalue weighted by Crippen LogP contribution is 2.40. The van der Waals surface area contributed by atoms with Gasteiger partial charge >= 0.3 is 12.4 Å². The Morgan fingerprint density at radius 1 is 1.03 bits per heavy atom. The molecule has 1 saturated carbocycles. The molecule has 1 aliphatic carbocycles. The van der Waals surface area contributed by atoms with E-state index in [1.54, 1.807) is 0 Å². The molecule has 2 aromatic heterocycles. The van der Waals surface area contributed by atoms with Gasteiger partial charge in [0.05, 0.1) is 23.5 Å². The summed E-state index contributed by atoms with van der Waals surface area (Å²) >= 11 is 1.12. The fraction of sp³-hybridized carbons (Fsp3) is 0.316. The van der Waals surface area contributed by atoms with Crippen LogP contribution in [-0.2, 0) is 18.9 Å². The lowest BCUT2D eigenvalue weighted by atomic mass is 10.1. The van der Waals surface area contributed by atoms with Crippen LogP contribution in [-0.4, -0.2) is 14.8 Å². The van der Waals surface area contributed by atoms with Crippen molar-refractivity contribution in [3.8, 4) is 10.6 Å². The van der Waals surface area contributed by atoms with Crippen LogP contribution in [0.2, 0.25) is 0 Å². The average molecular weight is 445 g/mol. The number of rotatable bonds is 4. The summed E-state index contributed by atoms with van der Waals surface area (Å²) in [4.78, 5) is 16.5. The third kappa shape index (κ3) is 4.25. The molecule has 3 aromatic rings. The molecule has 0 spiro atoms. The van der Waals surface area contributed by atoms with Crippen molar-refractivity contribution in [2.24, 2.45) is 0 Å². The molecule has 0 atom stereocenters. The van der Waals surface area contributed by atoms with E-state index in [1.807, 2.05) is 0 Å². The molecule has 158 valence electrons. The summed E-state index contributed by atoms with van der Waals surface area (Å²) in [5.41, 5.74) is -2.36. The van der Waals surface area contributed by atoms with Crippen LogP contribution in [0.1, 0.15) is 41.3 Å². The zero-order valence-corrected chi connectivity index (χ0v) is 15.9. The number of alkyl halides is 6. The predicted molar refractivity (Wildman–Crippen MR) is 97.1 cm³/mol. The SMILES string of the molecule is O=c1c(C(F)(F)F)cc(C2CC2)nn1Cc1csc(-c2ccc(C(F)(F)F)cc2)n1. The summed E-state index contributed by atoms with van der Waals surface area (Å²) in [5.74, 6) is -0.0870. The second-order valence-corrected chi connectivity index (χ2v) is 7.79. The number of aromatic nitrogens is 3. The maximum absolute atomic E-state index is 13.2. The molecule has 2 heterocycles. The van der Waals surface area contributed by atoms with Gasteiger partial charge in [0.25, 0.3) is 5.56 Å². The highest BCUT2D eigenvalue weighted by Gasteiger charge is 2.37. The van der Waals surface area contributed by atoms with Crippen LogP contribution >= 0.6 is 11.3 Å². The van der Waals surface area contributed by atoms with Crippen LogP contribution in [0, 0.1) is 0 Å². The van der Waals surface area contributed by atoms with E-state index in [0.717, 1.165) is 47.1 Å². The lowest BCUT2D eigenvalue weighted by Gasteiger charge is -2.11. The van der Waals surface area contributed by atoms with Gasteiger partial charge in [-0.15, -0.1) is 11.3 Å². The summed E-state index contributed by atoms with van der Waals surface area (Å²) in [6.07, 6.45) is -7.81. The van der Waals surface area contributed by atoms with Gasteiger partial charge in [-0.3, -0.25) is 4.79 Å². The standard InChI is InChI=1S/C19H13F6N3OS/c20-18(21,22)12-5-3-11(4-6-12)16-26-13(9-30-16)8-28-17(29)14(19(23,24)25)7-15(27-28)10-1-2-10/h3-7,9-10H,1-2,8H2. The van der Waals surface area contributed by atoms with Crippen molar-refractivity contribution in [1.29, 1.82) is 0 Å². The Bertz CT molecular complexity index is 1130. The van der Waals surface area contributed by atoms with Crippen LogP contribution in [0.15, 0.2) is 40.5 Å². The minimum Gasteiger partial charge on any atom is -0.267 e. The molecule has 0 bridgehead atoms. The van der Waals surface area contributed by atoms with Gasteiger partial charge in [-0.25, -0.2) is 9.67 Å². The molecule has 0 N–H and O–H groups in total. The van der Waals surface area contributed by atoms with E-state index in [-0.39, 0.29) is 18.2 Å². The molecule has 30 heavy (non-hydrogen) atoms. The Kier molecular flexibility index (Phi) is 4.95. The molecule has 1 aromatic carbocycles. The quantitative estimate of drug-likeness (QED) is 0.510. The average Bonchev–Trinajstić information content (AvgIpc) is 3.41. The maximum atomic E-state index is 13.2. The van der Waals surface area contributed by atoms with Gasteiger partial charge in [0.1, 0.15) is 10.6 Å². The highest BCUT2D eigenvalue weighted by molar-refractivity contribution is 7.13. The zero-order chi connectivity index (χ0) is 21.7. The molecule has 4 nitrogen and oxygen atoms in total. The summed E-state index contributed by atoms with van der Waals surface area (Å²) in [5, 5.41) is 6.00. The van der Waals surface area contributed by atoms with Gasteiger partial charge in [-0.2, -0.15) is 31.4 Å². The Morgan fingerprint density at radius 3 is 2.27 bits per heavy atom. The van der Waals surface area contributed by atoms with Gasteiger partial charge in [-0.1, -0.05) is 12.1 Å². The Labute approximate surface area is 169 Å². The second kappa shape index (κ2) is 7.22. The van der Waals surface area contributed by atoms with E-state index in [1.165, 1.54) is 17.5 Å². The summed E-state index contributed by atoms with van der Waals surface area (Å²) in [6.45, 7) is -0.264. The first-order chi connectivity index (χ1) is 14.0. The number of hydrogen-bond donors (Lipinski definition) is 0. The minimum absolute atomic E-state index is 0.0870. The van der Waals surface area contributed by atoms with Gasteiger partial charge < -0.3 is 0 Å². The van der Waals surface area contributed by atoms with Crippen molar-refractivity contribution in [1.82, 2.24) is 14.8 Å². The third-order valence-corrected chi connectivity index (χ3v) is 5.56. The van der Waals surface area contributed by atoms with Crippen molar-refractivity contribution in [3.63, 3.8) is 0 Å². The second-order valence-electron chi connectivity index (χ2n) is 6.94. The molecule has 0 radical (unpaired) electrons. The first kappa shape index (κ1) is 20.6. The van der Waals surface area contributed by atoms with Crippen molar-refractivity contribution in [3.05, 3.63) is 68.6 Å². The number of nitrogens with zero attached hydrogens (tertiary/aromatic N) is 3.